The van der Waals surface area contributed by atoms with E-state index in [9.17, 15) is 50.8 Å². The molecule has 33 heavy (non-hydrogen) atoms. The fourth-order valence-electron chi connectivity index (χ4n) is 4.05. The summed E-state index contributed by atoms with van der Waals surface area (Å²) in [6.07, 6.45) is -11.5. The van der Waals surface area contributed by atoms with Gasteiger partial charge in [-0.2, -0.15) is 0 Å². The van der Waals surface area contributed by atoms with Gasteiger partial charge in [-0.25, -0.2) is 0 Å². The van der Waals surface area contributed by atoms with Crippen LogP contribution >= 0.6 is 0 Å². The van der Waals surface area contributed by atoms with Crippen LogP contribution in [0.3, 0.4) is 0 Å². The number of aliphatic hydroxyl groups is 5. The van der Waals surface area contributed by atoms with Gasteiger partial charge in [-0.05, 0) is 17.7 Å². The van der Waals surface area contributed by atoms with E-state index in [0.717, 1.165) is 18.2 Å². The van der Waals surface area contributed by atoms with Crippen LogP contribution in [0.2, 0.25) is 0 Å². The normalized spacial score (nSPS) is 31.7. The van der Waals surface area contributed by atoms with E-state index in [1.165, 1.54) is 6.07 Å². The molecule has 9 N–H and O–H groups in total. The Morgan fingerprint density at radius 2 is 1.52 bits per heavy atom. The van der Waals surface area contributed by atoms with E-state index in [1.54, 1.807) is 0 Å². The molecular formula is C21H22O12. The van der Waals surface area contributed by atoms with Crippen LogP contribution < -0.4 is 4.74 Å². The number of fused-ring (bicyclic) bond motifs is 1. The third-order valence-corrected chi connectivity index (χ3v) is 5.84. The molecule has 0 saturated carbocycles. The molecule has 0 bridgehead atoms. The van der Waals surface area contributed by atoms with Crippen LogP contribution in [0, 0.1) is 0 Å². The van der Waals surface area contributed by atoms with Crippen LogP contribution in [0.1, 0.15) is 33.7 Å². The number of aliphatic hydroxyl groups excluding tert-OH is 5. The van der Waals surface area contributed by atoms with Gasteiger partial charge in [-0.3, -0.25) is 4.79 Å². The lowest BCUT2D eigenvalue weighted by Crippen LogP contribution is -2.55. The van der Waals surface area contributed by atoms with Gasteiger partial charge in [0.15, 0.2) is 23.7 Å². The predicted octanol–water partition coefficient (Wildman–Crippen LogP) is -1.30. The third kappa shape index (κ3) is 3.62. The molecule has 0 amide bonds. The Morgan fingerprint density at radius 1 is 0.818 bits per heavy atom. The summed E-state index contributed by atoms with van der Waals surface area (Å²) in [4.78, 5) is 12.9. The SMILES string of the molecule is O=C1c2c(cc(O)c([C@@H]3O[C@H](CO)[C@H](O)[C@H](O)[C@H]3O)c2O)O[C@H](c2ccc(O)c(O)c2)[C@@H]1O. The van der Waals surface area contributed by atoms with Crippen molar-refractivity contribution in [2.24, 2.45) is 0 Å². The lowest BCUT2D eigenvalue weighted by molar-refractivity contribution is -0.232. The van der Waals surface area contributed by atoms with Crippen molar-refractivity contribution in [3.8, 4) is 28.7 Å². The van der Waals surface area contributed by atoms with Gasteiger partial charge in [0.1, 0.15) is 53.3 Å². The Bertz CT molecular complexity index is 1080. The number of phenols is 4. The molecule has 2 heterocycles. The lowest BCUT2D eigenvalue weighted by Gasteiger charge is -2.41. The average molecular weight is 466 g/mol. The van der Waals surface area contributed by atoms with Crippen LogP contribution in [0.25, 0.3) is 0 Å². The van der Waals surface area contributed by atoms with Crippen molar-refractivity contribution in [3.05, 3.63) is 41.0 Å². The zero-order valence-corrected chi connectivity index (χ0v) is 16.8. The smallest absolute Gasteiger partial charge is 0.202 e. The van der Waals surface area contributed by atoms with Crippen molar-refractivity contribution in [1.82, 2.24) is 0 Å². The number of hydrogen-bond donors (Lipinski definition) is 9. The van der Waals surface area contributed by atoms with Crippen molar-refractivity contribution >= 4 is 5.78 Å². The van der Waals surface area contributed by atoms with Gasteiger partial charge < -0.3 is 55.4 Å². The topological polar surface area (TPSA) is 218 Å². The van der Waals surface area contributed by atoms with Crippen molar-refractivity contribution in [2.75, 3.05) is 6.61 Å². The summed E-state index contributed by atoms with van der Waals surface area (Å²) < 4.78 is 10.9. The molecule has 2 aromatic carbocycles. The fraction of sp³-hybridized carbons (Fsp3) is 0.381. The van der Waals surface area contributed by atoms with E-state index in [0.29, 0.717) is 0 Å². The lowest BCUT2D eigenvalue weighted by atomic mass is 9.86. The van der Waals surface area contributed by atoms with Gasteiger partial charge in [0.25, 0.3) is 0 Å². The molecule has 0 aliphatic carbocycles. The Morgan fingerprint density at radius 3 is 2.15 bits per heavy atom. The number of ketones is 1. The molecule has 0 radical (unpaired) electrons. The van der Waals surface area contributed by atoms with Gasteiger partial charge in [0, 0.05) is 6.07 Å². The number of rotatable bonds is 3. The van der Waals surface area contributed by atoms with E-state index < -0.39 is 89.2 Å². The molecule has 2 aliphatic heterocycles. The van der Waals surface area contributed by atoms with Crippen molar-refractivity contribution in [1.29, 1.82) is 0 Å². The van der Waals surface area contributed by atoms with Gasteiger partial charge >= 0.3 is 0 Å². The number of benzene rings is 2. The summed E-state index contributed by atoms with van der Waals surface area (Å²) in [5, 5.41) is 90.7. The fourth-order valence-corrected chi connectivity index (χ4v) is 4.05. The first kappa shape index (κ1) is 23.0. The van der Waals surface area contributed by atoms with Crippen molar-refractivity contribution in [2.45, 2.75) is 42.7 Å². The van der Waals surface area contributed by atoms with Crippen LogP contribution in [0.15, 0.2) is 24.3 Å². The highest BCUT2D eigenvalue weighted by Crippen LogP contribution is 2.49. The maximum absolute atomic E-state index is 12.9. The largest absolute Gasteiger partial charge is 0.507 e. The zero-order valence-electron chi connectivity index (χ0n) is 16.8. The summed E-state index contributed by atoms with van der Waals surface area (Å²) >= 11 is 0. The van der Waals surface area contributed by atoms with E-state index in [4.69, 9.17) is 9.47 Å². The van der Waals surface area contributed by atoms with Gasteiger partial charge in [0.2, 0.25) is 5.78 Å². The number of Topliss-reactive ketones (excluding diaryl/α,β-unsaturated/α-hetero) is 1. The quantitative estimate of drug-likeness (QED) is 0.241. The van der Waals surface area contributed by atoms with E-state index in [1.807, 2.05) is 0 Å². The van der Waals surface area contributed by atoms with Crippen LogP contribution in [-0.2, 0) is 4.74 Å². The summed E-state index contributed by atoms with van der Waals surface area (Å²) in [7, 11) is 0. The number of ether oxygens (including phenoxy) is 2. The van der Waals surface area contributed by atoms with E-state index in [2.05, 4.69) is 0 Å². The Kier molecular flexibility index (Phi) is 5.82. The Balaban J connectivity index is 1.77. The Hall–Kier alpha value is -3.13. The molecular weight excluding hydrogens is 444 g/mol. The first-order valence-electron chi connectivity index (χ1n) is 9.87. The highest BCUT2D eigenvalue weighted by molar-refractivity contribution is 6.06. The maximum atomic E-state index is 12.9. The van der Waals surface area contributed by atoms with Gasteiger partial charge in [0.05, 0.1) is 12.2 Å². The second-order valence-electron chi connectivity index (χ2n) is 7.88. The number of carbonyl (C=O) groups is 1. The molecule has 12 heteroatoms. The molecule has 0 spiro atoms. The van der Waals surface area contributed by atoms with Gasteiger partial charge in [-0.1, -0.05) is 6.07 Å². The molecule has 4 rings (SSSR count). The first-order chi connectivity index (χ1) is 15.6. The van der Waals surface area contributed by atoms with Crippen LogP contribution in [0.5, 0.6) is 28.7 Å². The Labute approximate surface area is 185 Å². The third-order valence-electron chi connectivity index (χ3n) is 5.84. The van der Waals surface area contributed by atoms with E-state index in [-0.39, 0.29) is 11.3 Å². The molecule has 12 nitrogen and oxygen atoms in total. The molecule has 1 saturated heterocycles. The zero-order chi connectivity index (χ0) is 24.2. The minimum atomic E-state index is -1.86. The van der Waals surface area contributed by atoms with E-state index >= 15 is 0 Å². The molecule has 0 aromatic heterocycles. The maximum Gasteiger partial charge on any atom is 0.202 e. The molecule has 1 fully saturated rings. The van der Waals surface area contributed by atoms with Crippen molar-refractivity contribution < 1.29 is 60.2 Å². The number of phenolic OH excluding ortho intramolecular Hbond substituents is 4. The van der Waals surface area contributed by atoms with Crippen LogP contribution in [-0.4, -0.2) is 88.9 Å². The molecule has 0 unspecified atom stereocenters. The molecule has 178 valence electrons. The number of hydrogen-bond acceptors (Lipinski definition) is 12. The number of carbonyl (C=O) groups excluding carboxylic acids is 1. The second-order valence-corrected chi connectivity index (χ2v) is 7.88. The minimum Gasteiger partial charge on any atom is -0.507 e. The molecule has 7 atom stereocenters. The van der Waals surface area contributed by atoms with Gasteiger partial charge in [-0.15, -0.1) is 0 Å². The average Bonchev–Trinajstić information content (AvgIpc) is 2.77. The predicted molar refractivity (Wildman–Crippen MR) is 106 cm³/mol. The number of aromatic hydroxyl groups is 4. The van der Waals surface area contributed by atoms with Crippen molar-refractivity contribution in [3.63, 3.8) is 0 Å². The highest BCUT2D eigenvalue weighted by Gasteiger charge is 2.48. The molecule has 2 aromatic rings. The summed E-state index contributed by atoms with van der Waals surface area (Å²) in [6, 6.07) is 4.42. The highest BCUT2D eigenvalue weighted by atomic mass is 16.5. The summed E-state index contributed by atoms with van der Waals surface area (Å²) in [6.45, 7) is -0.754. The first-order valence-corrected chi connectivity index (χ1v) is 9.87. The second kappa shape index (κ2) is 8.33. The van der Waals surface area contributed by atoms with Crippen LogP contribution in [0.4, 0.5) is 0 Å². The standard InChI is InChI=1S/C21H22O12/c22-5-11-14(26)17(29)19(31)21(33-11)12-9(25)4-10-13(15(12)27)16(28)18(30)20(32-10)6-1-2-7(23)8(24)3-6/h1-4,11,14,17-27,29-31H,5H2/t11-,14+,17+,18-,19-,20-,21+/m1/s1. The molecule has 2 aliphatic rings. The summed E-state index contributed by atoms with van der Waals surface area (Å²) in [5.74, 6) is -3.90. The summed E-state index contributed by atoms with van der Waals surface area (Å²) in [5.41, 5.74) is -0.934. The minimum absolute atomic E-state index is 0.119. The monoisotopic (exact) mass is 466 g/mol.